The van der Waals surface area contributed by atoms with Gasteiger partial charge in [-0.3, -0.25) is 14.7 Å². The van der Waals surface area contributed by atoms with Crippen molar-refractivity contribution in [1.29, 1.82) is 0 Å². The number of carboxylic acid groups (broad SMARTS) is 1. The Kier molecular flexibility index (Phi) is 9.23. The number of hydrogen-bond donors (Lipinski definition) is 1. The van der Waals surface area contributed by atoms with E-state index in [4.69, 9.17) is 23.9 Å². The second-order valence-corrected chi connectivity index (χ2v) is 11.7. The van der Waals surface area contributed by atoms with Gasteiger partial charge in [0.25, 0.3) is 0 Å². The number of halogens is 1. The Morgan fingerprint density at radius 3 is 2.80 bits per heavy atom. The highest BCUT2D eigenvalue weighted by atomic mass is 19.1. The van der Waals surface area contributed by atoms with Crippen molar-refractivity contribution in [3.63, 3.8) is 0 Å². The molecule has 1 aliphatic carbocycles. The van der Waals surface area contributed by atoms with E-state index < -0.39 is 17.8 Å². The van der Waals surface area contributed by atoms with E-state index in [0.29, 0.717) is 50.8 Å². The fraction of sp³-hybridized carbons (Fsp3) is 0.613. The zero-order chi connectivity index (χ0) is 28.1. The van der Waals surface area contributed by atoms with E-state index in [9.17, 15) is 14.3 Å². The molecule has 1 aromatic carbocycles. The van der Waals surface area contributed by atoms with Crippen LogP contribution < -0.4 is 9.47 Å². The van der Waals surface area contributed by atoms with E-state index >= 15 is 0 Å². The van der Waals surface area contributed by atoms with Crippen LogP contribution in [0.5, 0.6) is 11.5 Å². The molecule has 2 saturated heterocycles. The lowest BCUT2D eigenvalue weighted by molar-refractivity contribution is -0.143. The van der Waals surface area contributed by atoms with Crippen molar-refractivity contribution in [2.75, 3.05) is 46.6 Å². The molecular weight excluding hydrogens is 515 g/mol. The molecule has 5 rings (SSSR count). The summed E-state index contributed by atoms with van der Waals surface area (Å²) in [7, 11) is 1.73. The summed E-state index contributed by atoms with van der Waals surface area (Å²) >= 11 is 0. The maximum Gasteiger partial charge on any atom is 0.325 e. The van der Waals surface area contributed by atoms with E-state index in [0.717, 1.165) is 50.0 Å². The van der Waals surface area contributed by atoms with Crippen molar-refractivity contribution in [2.24, 2.45) is 5.41 Å². The Bertz CT molecular complexity index is 1170. The number of nitrogens with zero attached hydrogens (tertiary/aromatic N) is 2. The standard InChI is InChI=1S/C31H41FN2O6/c1-31(18-38-19-31)20-40-27-11-10-21(32)15-25(27)29(30(35)36)34-13-12-23(17-34)39-14-6-5-7-22-16-28(37-2)24-8-3-4-9-26(24)33-22/h10-11,15-16,23,29H,3-9,12-14,17-20H2,1-2H3,(H,35,36)/t23-,29?/m1/s1. The van der Waals surface area contributed by atoms with Crippen molar-refractivity contribution < 1.29 is 33.2 Å². The van der Waals surface area contributed by atoms with Crippen molar-refractivity contribution in [1.82, 2.24) is 9.88 Å². The van der Waals surface area contributed by atoms with Crippen LogP contribution in [0, 0.1) is 11.2 Å². The average molecular weight is 557 g/mol. The molecule has 9 heteroatoms. The SMILES string of the molecule is COc1cc(CCCCO[C@@H]2CCN(C(C(=O)O)c3cc(F)ccc3OCC3(C)COC3)C2)nc2c1CCCC2. The number of carboxylic acids is 1. The van der Waals surface area contributed by atoms with Crippen LogP contribution in [-0.4, -0.2) is 73.7 Å². The second-order valence-electron chi connectivity index (χ2n) is 11.7. The number of aromatic nitrogens is 1. The maximum absolute atomic E-state index is 14.3. The average Bonchev–Trinajstić information content (AvgIpc) is 3.39. The van der Waals surface area contributed by atoms with Gasteiger partial charge in [-0.1, -0.05) is 6.92 Å². The summed E-state index contributed by atoms with van der Waals surface area (Å²) in [4.78, 5) is 19.1. The lowest BCUT2D eigenvalue weighted by atomic mass is 9.90. The highest BCUT2D eigenvalue weighted by molar-refractivity contribution is 5.77. The minimum atomic E-state index is -1.03. The zero-order valence-corrected chi connectivity index (χ0v) is 23.6. The van der Waals surface area contributed by atoms with Crippen molar-refractivity contribution in [3.05, 3.63) is 52.6 Å². The number of benzene rings is 1. The minimum Gasteiger partial charge on any atom is -0.496 e. The Hall–Kier alpha value is -2.75. The van der Waals surface area contributed by atoms with Crippen LogP contribution in [0.15, 0.2) is 24.3 Å². The van der Waals surface area contributed by atoms with Gasteiger partial charge in [-0.25, -0.2) is 4.39 Å². The number of likely N-dealkylation sites (tertiary alicyclic amines) is 1. The molecule has 0 radical (unpaired) electrons. The molecule has 218 valence electrons. The molecule has 2 fully saturated rings. The van der Waals surface area contributed by atoms with E-state index in [1.54, 1.807) is 7.11 Å². The molecule has 0 bridgehead atoms. The fourth-order valence-electron chi connectivity index (χ4n) is 5.95. The number of aliphatic carboxylic acids is 1. The predicted octanol–water partition coefficient (Wildman–Crippen LogP) is 4.76. The quantitative estimate of drug-likeness (QED) is 0.353. The molecule has 2 aliphatic heterocycles. The number of unbranched alkanes of at least 4 members (excludes halogenated alkanes) is 1. The van der Waals surface area contributed by atoms with Crippen molar-refractivity contribution >= 4 is 5.97 Å². The van der Waals surface area contributed by atoms with E-state index in [1.165, 1.54) is 42.3 Å². The number of fused-ring (bicyclic) bond motifs is 1. The first-order valence-corrected chi connectivity index (χ1v) is 14.5. The zero-order valence-electron chi connectivity index (χ0n) is 23.6. The van der Waals surface area contributed by atoms with Crippen LogP contribution in [0.4, 0.5) is 4.39 Å². The number of carbonyl (C=O) groups is 1. The number of methoxy groups -OCH3 is 1. The molecular formula is C31H41FN2O6. The van der Waals surface area contributed by atoms with Crippen LogP contribution in [-0.2, 0) is 33.5 Å². The first kappa shape index (κ1) is 28.8. The smallest absolute Gasteiger partial charge is 0.325 e. The Morgan fingerprint density at radius 2 is 2.05 bits per heavy atom. The first-order chi connectivity index (χ1) is 19.3. The normalized spacial score (nSPS) is 20.9. The summed E-state index contributed by atoms with van der Waals surface area (Å²) in [6.45, 7) is 5.26. The van der Waals surface area contributed by atoms with Crippen molar-refractivity contribution in [2.45, 2.75) is 70.4 Å². The van der Waals surface area contributed by atoms with E-state index in [1.807, 2.05) is 4.90 Å². The Labute approximate surface area is 235 Å². The van der Waals surface area contributed by atoms with Crippen LogP contribution in [0.1, 0.15) is 67.6 Å². The molecule has 2 aromatic rings. The molecule has 1 N–H and O–H groups in total. The largest absolute Gasteiger partial charge is 0.496 e. The summed E-state index contributed by atoms with van der Waals surface area (Å²) in [6.07, 6.45) is 7.84. The molecule has 0 amide bonds. The molecule has 1 aromatic heterocycles. The lowest BCUT2D eigenvalue weighted by Gasteiger charge is -2.38. The molecule has 1 unspecified atom stereocenters. The summed E-state index contributed by atoms with van der Waals surface area (Å²) in [5.74, 6) is -0.140. The summed E-state index contributed by atoms with van der Waals surface area (Å²) in [5, 5.41) is 10.1. The van der Waals surface area contributed by atoms with Gasteiger partial charge in [-0.05, 0) is 69.6 Å². The first-order valence-electron chi connectivity index (χ1n) is 14.5. The van der Waals surface area contributed by atoms with Gasteiger partial charge >= 0.3 is 5.97 Å². The van der Waals surface area contributed by atoms with Gasteiger partial charge in [0.2, 0.25) is 0 Å². The summed E-state index contributed by atoms with van der Waals surface area (Å²) < 4.78 is 37.3. The topological polar surface area (TPSA) is 90.4 Å². The molecule has 0 saturated carbocycles. The fourth-order valence-corrected chi connectivity index (χ4v) is 5.95. The van der Waals surface area contributed by atoms with E-state index in [2.05, 4.69) is 13.0 Å². The molecule has 0 spiro atoms. The van der Waals surface area contributed by atoms with Gasteiger partial charge in [0.1, 0.15) is 23.4 Å². The van der Waals surface area contributed by atoms with Crippen LogP contribution in [0.25, 0.3) is 0 Å². The van der Waals surface area contributed by atoms with Gasteiger partial charge in [0.15, 0.2) is 0 Å². The predicted molar refractivity (Wildman–Crippen MR) is 147 cm³/mol. The summed E-state index contributed by atoms with van der Waals surface area (Å²) in [6, 6.07) is 5.20. The van der Waals surface area contributed by atoms with Crippen molar-refractivity contribution in [3.8, 4) is 11.5 Å². The third kappa shape index (κ3) is 6.75. The van der Waals surface area contributed by atoms with Gasteiger partial charge in [0, 0.05) is 53.7 Å². The third-order valence-electron chi connectivity index (χ3n) is 8.23. The van der Waals surface area contributed by atoms with Gasteiger partial charge < -0.3 is 24.1 Å². The molecule has 2 atom stereocenters. The number of ether oxygens (including phenoxy) is 4. The summed E-state index contributed by atoms with van der Waals surface area (Å²) in [5.41, 5.74) is 3.75. The maximum atomic E-state index is 14.3. The minimum absolute atomic E-state index is 0.0622. The van der Waals surface area contributed by atoms with Gasteiger partial charge in [0.05, 0.1) is 33.0 Å². The monoisotopic (exact) mass is 556 g/mol. The molecule has 8 nitrogen and oxygen atoms in total. The van der Waals surface area contributed by atoms with E-state index in [-0.39, 0.29) is 11.5 Å². The number of hydrogen-bond acceptors (Lipinski definition) is 7. The number of aryl methyl sites for hydroxylation is 2. The highest BCUT2D eigenvalue weighted by Crippen LogP contribution is 2.35. The number of rotatable bonds is 13. The molecule has 3 aliphatic rings. The highest BCUT2D eigenvalue weighted by Gasteiger charge is 2.38. The Balaban J connectivity index is 1.12. The Morgan fingerprint density at radius 1 is 1.23 bits per heavy atom. The van der Waals surface area contributed by atoms with Crippen LogP contribution >= 0.6 is 0 Å². The van der Waals surface area contributed by atoms with Gasteiger partial charge in [-0.15, -0.1) is 0 Å². The molecule has 40 heavy (non-hydrogen) atoms. The second kappa shape index (κ2) is 12.8. The van der Waals surface area contributed by atoms with Crippen LogP contribution in [0.2, 0.25) is 0 Å². The molecule has 3 heterocycles. The lowest BCUT2D eigenvalue weighted by Crippen LogP contribution is -2.44. The third-order valence-corrected chi connectivity index (χ3v) is 8.23. The van der Waals surface area contributed by atoms with Crippen LogP contribution in [0.3, 0.4) is 0 Å². The van der Waals surface area contributed by atoms with Gasteiger partial charge in [-0.2, -0.15) is 0 Å². The number of pyridine rings is 1.